The quantitative estimate of drug-likeness (QED) is 0.590. The molecule has 0 saturated carbocycles. The molecule has 0 spiro atoms. The summed E-state index contributed by atoms with van der Waals surface area (Å²) >= 11 is 3.22. The van der Waals surface area contributed by atoms with Crippen molar-refractivity contribution in [3.8, 4) is 11.5 Å². The molecule has 0 atom stereocenters. The van der Waals surface area contributed by atoms with E-state index in [9.17, 15) is 14.0 Å². The van der Waals surface area contributed by atoms with Gasteiger partial charge in [0, 0.05) is 27.9 Å². The minimum absolute atomic E-state index is 0.134. The number of esters is 1. The minimum atomic E-state index is -0.759. The van der Waals surface area contributed by atoms with Crippen LogP contribution < -0.4 is 14.8 Å². The average Bonchev–Trinajstić information content (AvgIpc) is 3.08. The molecule has 6 nitrogen and oxygen atoms in total. The molecule has 1 N–H and O–H groups in total. The van der Waals surface area contributed by atoms with Crippen molar-refractivity contribution >= 4 is 39.6 Å². The third-order valence-corrected chi connectivity index (χ3v) is 3.85. The van der Waals surface area contributed by atoms with E-state index in [1.807, 2.05) is 0 Å². The van der Waals surface area contributed by atoms with Gasteiger partial charge in [0.15, 0.2) is 18.1 Å². The highest BCUT2D eigenvalue weighted by Gasteiger charge is 2.14. The highest BCUT2D eigenvalue weighted by molar-refractivity contribution is 9.10. The van der Waals surface area contributed by atoms with Crippen molar-refractivity contribution in [3.05, 3.63) is 58.3 Å². The number of fused-ring (bicyclic) bond motifs is 1. The lowest BCUT2D eigenvalue weighted by Gasteiger charge is -2.06. The van der Waals surface area contributed by atoms with Crippen LogP contribution in [0, 0.1) is 5.82 Å². The van der Waals surface area contributed by atoms with Gasteiger partial charge in [-0.2, -0.15) is 0 Å². The van der Waals surface area contributed by atoms with Gasteiger partial charge in [-0.3, -0.25) is 4.79 Å². The Kier molecular flexibility index (Phi) is 5.52. The maximum absolute atomic E-state index is 13.6. The van der Waals surface area contributed by atoms with Crippen molar-refractivity contribution in [2.24, 2.45) is 0 Å². The molecule has 134 valence electrons. The Morgan fingerprint density at radius 2 is 2.00 bits per heavy atom. The van der Waals surface area contributed by atoms with Gasteiger partial charge in [-0.05, 0) is 36.4 Å². The van der Waals surface area contributed by atoms with E-state index in [2.05, 4.69) is 21.2 Å². The molecule has 2 aromatic rings. The Bertz CT molecular complexity index is 884. The summed E-state index contributed by atoms with van der Waals surface area (Å²) in [6, 6.07) is 9.26. The summed E-state index contributed by atoms with van der Waals surface area (Å²) < 4.78 is 29.5. The first-order valence-electron chi connectivity index (χ1n) is 7.50. The third-order valence-electron chi connectivity index (χ3n) is 3.36. The molecule has 1 heterocycles. The van der Waals surface area contributed by atoms with Crippen molar-refractivity contribution < 1.29 is 28.2 Å². The van der Waals surface area contributed by atoms with Crippen molar-refractivity contribution in [3.63, 3.8) is 0 Å². The number of rotatable bonds is 5. The van der Waals surface area contributed by atoms with Gasteiger partial charge in [0.05, 0.1) is 0 Å². The van der Waals surface area contributed by atoms with Crippen molar-refractivity contribution in [1.29, 1.82) is 0 Å². The number of amides is 1. The second kappa shape index (κ2) is 8.01. The zero-order chi connectivity index (χ0) is 18.5. The lowest BCUT2D eigenvalue weighted by Crippen LogP contribution is -2.20. The number of hydrogen-bond acceptors (Lipinski definition) is 5. The lowest BCUT2D eigenvalue weighted by atomic mass is 10.2. The van der Waals surface area contributed by atoms with Gasteiger partial charge in [-0.1, -0.05) is 15.9 Å². The van der Waals surface area contributed by atoms with Gasteiger partial charge in [0.1, 0.15) is 5.82 Å². The highest BCUT2D eigenvalue weighted by atomic mass is 79.9. The van der Waals surface area contributed by atoms with Gasteiger partial charge >= 0.3 is 5.97 Å². The van der Waals surface area contributed by atoms with Crippen molar-refractivity contribution in [2.45, 2.75) is 0 Å². The van der Waals surface area contributed by atoms with Gasteiger partial charge in [0.25, 0.3) is 5.91 Å². The van der Waals surface area contributed by atoms with Crippen LogP contribution in [0.3, 0.4) is 0 Å². The predicted molar refractivity (Wildman–Crippen MR) is 95.3 cm³/mol. The number of anilines is 1. The number of benzene rings is 2. The molecule has 0 aromatic heterocycles. The van der Waals surface area contributed by atoms with E-state index in [0.29, 0.717) is 21.7 Å². The van der Waals surface area contributed by atoms with E-state index in [-0.39, 0.29) is 12.4 Å². The largest absolute Gasteiger partial charge is 0.454 e. The first kappa shape index (κ1) is 17.9. The van der Waals surface area contributed by atoms with Crippen LogP contribution in [-0.2, 0) is 14.3 Å². The predicted octanol–water partition coefficient (Wildman–Crippen LogP) is 3.51. The number of carbonyl (C=O) groups is 2. The molecule has 0 radical (unpaired) electrons. The summed E-state index contributed by atoms with van der Waals surface area (Å²) in [4.78, 5) is 23.5. The number of carbonyl (C=O) groups excluding carboxylic acids is 2. The van der Waals surface area contributed by atoms with Crippen molar-refractivity contribution in [1.82, 2.24) is 0 Å². The fraction of sp³-hybridized carbons (Fsp3) is 0.111. The van der Waals surface area contributed by atoms with E-state index in [1.54, 1.807) is 24.3 Å². The van der Waals surface area contributed by atoms with Gasteiger partial charge in [0.2, 0.25) is 6.79 Å². The summed E-state index contributed by atoms with van der Waals surface area (Å²) in [5, 5.41) is 2.58. The average molecular weight is 422 g/mol. The fourth-order valence-electron chi connectivity index (χ4n) is 2.16. The standard InChI is InChI=1S/C18H13BrFNO5/c19-12-2-4-14(20)11(7-12)1-6-18(23)24-9-17(22)21-13-3-5-15-16(8-13)26-10-25-15/h1-8H,9-10H2,(H,21,22). The van der Waals surface area contributed by atoms with Crippen LogP contribution in [0.4, 0.5) is 10.1 Å². The normalized spacial score (nSPS) is 12.2. The zero-order valence-corrected chi connectivity index (χ0v) is 14.9. The fourth-order valence-corrected chi connectivity index (χ4v) is 2.54. The molecule has 0 aliphatic carbocycles. The maximum atomic E-state index is 13.6. The molecule has 0 unspecified atom stereocenters. The second-order valence-electron chi connectivity index (χ2n) is 5.22. The molecule has 1 aliphatic rings. The van der Waals surface area contributed by atoms with E-state index in [1.165, 1.54) is 18.2 Å². The molecule has 1 aliphatic heterocycles. The Morgan fingerprint density at radius 1 is 1.19 bits per heavy atom. The van der Waals surface area contributed by atoms with Crippen LogP contribution in [0.25, 0.3) is 6.08 Å². The number of halogens is 2. The molecule has 0 bridgehead atoms. The second-order valence-corrected chi connectivity index (χ2v) is 6.14. The molecular weight excluding hydrogens is 409 g/mol. The Morgan fingerprint density at radius 3 is 2.85 bits per heavy atom. The Labute approximate surface area is 156 Å². The molecular formula is C18H13BrFNO5. The van der Waals surface area contributed by atoms with E-state index < -0.39 is 24.3 Å². The zero-order valence-electron chi connectivity index (χ0n) is 13.3. The summed E-state index contributed by atoms with van der Waals surface area (Å²) in [5.41, 5.74) is 0.711. The van der Waals surface area contributed by atoms with Crippen LogP contribution in [0.1, 0.15) is 5.56 Å². The van der Waals surface area contributed by atoms with E-state index in [4.69, 9.17) is 14.2 Å². The van der Waals surface area contributed by atoms with Gasteiger partial charge < -0.3 is 19.5 Å². The molecule has 2 aromatic carbocycles. The monoisotopic (exact) mass is 421 g/mol. The first-order valence-corrected chi connectivity index (χ1v) is 8.30. The first-order chi connectivity index (χ1) is 12.5. The van der Waals surface area contributed by atoms with Crippen LogP contribution in [0.2, 0.25) is 0 Å². The van der Waals surface area contributed by atoms with E-state index in [0.717, 1.165) is 6.08 Å². The lowest BCUT2D eigenvalue weighted by molar-refractivity contribution is -0.142. The van der Waals surface area contributed by atoms with Crippen molar-refractivity contribution in [2.75, 3.05) is 18.7 Å². The molecule has 0 saturated heterocycles. The SMILES string of the molecule is O=C(COC(=O)C=Cc1cc(Br)ccc1F)Nc1ccc2c(c1)OCO2. The molecule has 26 heavy (non-hydrogen) atoms. The number of hydrogen-bond donors (Lipinski definition) is 1. The molecule has 0 fully saturated rings. The maximum Gasteiger partial charge on any atom is 0.331 e. The summed E-state index contributed by atoms with van der Waals surface area (Å²) in [6.07, 6.45) is 2.33. The Balaban J connectivity index is 1.50. The van der Waals surface area contributed by atoms with E-state index >= 15 is 0 Å². The summed E-state index contributed by atoms with van der Waals surface area (Å²) in [6.45, 7) is -0.339. The van der Waals surface area contributed by atoms with Crippen LogP contribution in [0.5, 0.6) is 11.5 Å². The number of ether oxygens (including phenoxy) is 3. The van der Waals surface area contributed by atoms with Gasteiger partial charge in [-0.15, -0.1) is 0 Å². The van der Waals surface area contributed by atoms with Crippen LogP contribution in [-0.4, -0.2) is 25.3 Å². The topological polar surface area (TPSA) is 73.9 Å². The minimum Gasteiger partial charge on any atom is -0.454 e. The smallest absolute Gasteiger partial charge is 0.331 e. The molecule has 1 amide bonds. The Hall–Kier alpha value is -2.87. The highest BCUT2D eigenvalue weighted by Crippen LogP contribution is 2.34. The summed E-state index contributed by atoms with van der Waals surface area (Å²) in [5.74, 6) is -0.625. The summed E-state index contributed by atoms with van der Waals surface area (Å²) in [7, 11) is 0. The molecule has 8 heteroatoms. The third kappa shape index (κ3) is 4.60. The molecule has 3 rings (SSSR count). The van der Waals surface area contributed by atoms with Gasteiger partial charge in [-0.25, -0.2) is 9.18 Å². The van der Waals surface area contributed by atoms with Crippen LogP contribution in [0.15, 0.2) is 46.9 Å². The number of nitrogens with one attached hydrogen (secondary N) is 1. The van der Waals surface area contributed by atoms with Crippen LogP contribution >= 0.6 is 15.9 Å².